The maximum absolute atomic E-state index is 13.0. The van der Waals surface area contributed by atoms with E-state index in [2.05, 4.69) is 41.6 Å². The van der Waals surface area contributed by atoms with Crippen LogP contribution in [0.1, 0.15) is 66.6 Å². The first-order valence-electron chi connectivity index (χ1n) is 10.5. The van der Waals surface area contributed by atoms with Gasteiger partial charge in [0.1, 0.15) is 17.0 Å². The molecule has 3 rings (SSSR count). The first-order chi connectivity index (χ1) is 14.3. The van der Waals surface area contributed by atoms with Crippen LogP contribution in [0.15, 0.2) is 54.7 Å². The van der Waals surface area contributed by atoms with E-state index in [0.717, 1.165) is 6.42 Å². The minimum absolute atomic E-state index is 0.0148. The number of carbonyl (C=O) groups excluding carboxylic acids is 2. The van der Waals surface area contributed by atoms with E-state index < -0.39 is 0 Å². The lowest BCUT2D eigenvalue weighted by Crippen LogP contribution is -2.30. The number of imidazole rings is 1. The minimum Gasteiger partial charge on any atom is -0.350 e. The third-order valence-electron chi connectivity index (χ3n) is 4.91. The van der Waals surface area contributed by atoms with Crippen molar-refractivity contribution in [3.8, 4) is 0 Å². The van der Waals surface area contributed by atoms with Crippen molar-refractivity contribution in [2.45, 2.75) is 46.1 Å². The van der Waals surface area contributed by atoms with Gasteiger partial charge in [0.15, 0.2) is 0 Å². The van der Waals surface area contributed by atoms with Crippen LogP contribution >= 0.6 is 0 Å². The molecule has 2 amide bonds. The molecule has 6 nitrogen and oxygen atoms in total. The third-order valence-corrected chi connectivity index (χ3v) is 4.91. The summed E-state index contributed by atoms with van der Waals surface area (Å²) in [5.41, 5.74) is 2.55. The van der Waals surface area contributed by atoms with Crippen LogP contribution in [0.5, 0.6) is 0 Å². The molecule has 1 atom stereocenters. The van der Waals surface area contributed by atoms with Crippen LogP contribution in [0.25, 0.3) is 5.65 Å². The van der Waals surface area contributed by atoms with Crippen LogP contribution in [-0.2, 0) is 0 Å². The number of fused-ring (bicyclic) bond motifs is 1. The number of hydrogen-bond acceptors (Lipinski definition) is 3. The summed E-state index contributed by atoms with van der Waals surface area (Å²) in [6.45, 7) is 8.72. The highest BCUT2D eigenvalue weighted by Crippen LogP contribution is 2.23. The molecule has 0 aliphatic carbocycles. The highest BCUT2D eigenvalue weighted by molar-refractivity contribution is 5.95. The highest BCUT2D eigenvalue weighted by atomic mass is 16.2. The van der Waals surface area contributed by atoms with Crippen molar-refractivity contribution in [2.75, 3.05) is 6.54 Å². The normalized spacial score (nSPS) is 12.3. The largest absolute Gasteiger partial charge is 0.350 e. The van der Waals surface area contributed by atoms with Crippen LogP contribution in [-0.4, -0.2) is 33.8 Å². The number of aromatic nitrogens is 2. The molecule has 3 aromatic rings. The van der Waals surface area contributed by atoms with E-state index >= 15 is 0 Å². The molecule has 6 heteroatoms. The van der Waals surface area contributed by atoms with Gasteiger partial charge >= 0.3 is 0 Å². The lowest BCUT2D eigenvalue weighted by molar-refractivity contribution is 0.0930. The molecule has 0 bridgehead atoms. The topological polar surface area (TPSA) is 75.5 Å². The fraction of sp³-hybridized carbons (Fsp3) is 0.375. The van der Waals surface area contributed by atoms with Gasteiger partial charge in [-0.1, -0.05) is 50.2 Å². The molecule has 30 heavy (non-hydrogen) atoms. The molecule has 2 heterocycles. The second kappa shape index (κ2) is 9.57. The van der Waals surface area contributed by atoms with Gasteiger partial charge in [0.05, 0.1) is 0 Å². The summed E-state index contributed by atoms with van der Waals surface area (Å²) in [5, 5.41) is 5.91. The van der Waals surface area contributed by atoms with Crippen molar-refractivity contribution in [1.82, 2.24) is 20.0 Å². The lowest BCUT2D eigenvalue weighted by Gasteiger charge is -2.20. The molecule has 1 unspecified atom stereocenters. The fourth-order valence-corrected chi connectivity index (χ4v) is 3.58. The van der Waals surface area contributed by atoms with Crippen LogP contribution < -0.4 is 10.6 Å². The number of rotatable bonds is 8. The van der Waals surface area contributed by atoms with Crippen molar-refractivity contribution in [3.63, 3.8) is 0 Å². The Hall–Kier alpha value is -3.15. The van der Waals surface area contributed by atoms with E-state index in [1.165, 1.54) is 5.56 Å². The summed E-state index contributed by atoms with van der Waals surface area (Å²) < 4.78 is 1.67. The molecule has 0 saturated heterocycles. The summed E-state index contributed by atoms with van der Waals surface area (Å²) in [5.74, 6) is 0.329. The van der Waals surface area contributed by atoms with Gasteiger partial charge in [0.25, 0.3) is 11.8 Å². The standard InChI is InChI=1S/C24H30N4O2/c1-16(2)13-19(18-9-6-5-7-10-18)14-25-24(30)21-11-8-12-22-27-20(15-28(21)22)23(29)26-17(3)4/h5-12,15-17,19H,13-14H2,1-4H3,(H,25,30)(H,26,29). The molecule has 0 saturated carbocycles. The van der Waals surface area contributed by atoms with Gasteiger partial charge in [-0.25, -0.2) is 4.98 Å². The van der Waals surface area contributed by atoms with Gasteiger partial charge in [0, 0.05) is 24.7 Å². The number of benzene rings is 1. The Kier molecular flexibility index (Phi) is 6.87. The summed E-state index contributed by atoms with van der Waals surface area (Å²) in [7, 11) is 0. The summed E-state index contributed by atoms with van der Waals surface area (Å²) in [6, 6.07) is 15.6. The Morgan fingerprint density at radius 2 is 1.70 bits per heavy atom. The molecular formula is C24H30N4O2. The van der Waals surface area contributed by atoms with E-state index in [4.69, 9.17) is 0 Å². The molecule has 2 N–H and O–H groups in total. The maximum Gasteiger partial charge on any atom is 0.271 e. The molecule has 0 spiro atoms. The number of amides is 2. The van der Waals surface area contributed by atoms with Crippen molar-refractivity contribution < 1.29 is 9.59 Å². The number of carbonyl (C=O) groups is 2. The Labute approximate surface area is 177 Å². The Bertz CT molecular complexity index is 1010. The van der Waals surface area contributed by atoms with E-state index in [1.54, 1.807) is 28.8 Å². The monoisotopic (exact) mass is 406 g/mol. The zero-order valence-corrected chi connectivity index (χ0v) is 18.1. The smallest absolute Gasteiger partial charge is 0.271 e. The first kappa shape index (κ1) is 21.6. The van der Waals surface area contributed by atoms with Crippen LogP contribution in [0.3, 0.4) is 0 Å². The number of hydrogen-bond donors (Lipinski definition) is 2. The van der Waals surface area contributed by atoms with Crippen molar-refractivity contribution in [3.05, 3.63) is 71.7 Å². The van der Waals surface area contributed by atoms with Crippen LogP contribution in [0, 0.1) is 5.92 Å². The van der Waals surface area contributed by atoms with Gasteiger partial charge in [-0.05, 0) is 43.9 Å². The first-order valence-corrected chi connectivity index (χ1v) is 10.5. The van der Waals surface area contributed by atoms with E-state index in [9.17, 15) is 9.59 Å². The average molecular weight is 407 g/mol. The van der Waals surface area contributed by atoms with Gasteiger partial charge in [-0.15, -0.1) is 0 Å². The molecule has 0 aliphatic rings. The number of pyridine rings is 1. The van der Waals surface area contributed by atoms with E-state index in [1.807, 2.05) is 32.0 Å². The second-order valence-electron chi connectivity index (χ2n) is 8.34. The van der Waals surface area contributed by atoms with Crippen LogP contribution in [0.4, 0.5) is 0 Å². The van der Waals surface area contributed by atoms with Crippen LogP contribution in [0.2, 0.25) is 0 Å². The molecule has 1 aromatic carbocycles. The fourth-order valence-electron chi connectivity index (χ4n) is 3.58. The summed E-state index contributed by atoms with van der Waals surface area (Å²) in [6.07, 6.45) is 2.60. The Morgan fingerprint density at radius 1 is 0.967 bits per heavy atom. The maximum atomic E-state index is 13.0. The zero-order valence-electron chi connectivity index (χ0n) is 18.1. The van der Waals surface area contributed by atoms with E-state index in [-0.39, 0.29) is 23.8 Å². The Balaban J connectivity index is 1.79. The molecule has 0 radical (unpaired) electrons. The summed E-state index contributed by atoms with van der Waals surface area (Å²) in [4.78, 5) is 29.6. The zero-order chi connectivity index (χ0) is 21.7. The predicted molar refractivity (Wildman–Crippen MR) is 119 cm³/mol. The predicted octanol–water partition coefficient (Wildman–Crippen LogP) is 4.03. The second-order valence-corrected chi connectivity index (χ2v) is 8.34. The van der Waals surface area contributed by atoms with E-state index in [0.29, 0.717) is 29.5 Å². The van der Waals surface area contributed by atoms with Gasteiger partial charge in [0.2, 0.25) is 0 Å². The Morgan fingerprint density at radius 3 is 2.37 bits per heavy atom. The quantitative estimate of drug-likeness (QED) is 0.593. The molecule has 158 valence electrons. The molecular weight excluding hydrogens is 376 g/mol. The summed E-state index contributed by atoms with van der Waals surface area (Å²) >= 11 is 0. The number of nitrogens with one attached hydrogen (secondary N) is 2. The minimum atomic E-state index is -0.249. The lowest BCUT2D eigenvalue weighted by atomic mass is 9.90. The van der Waals surface area contributed by atoms with Crippen molar-refractivity contribution in [2.24, 2.45) is 5.92 Å². The van der Waals surface area contributed by atoms with Gasteiger partial charge in [-0.2, -0.15) is 0 Å². The van der Waals surface area contributed by atoms with Crippen molar-refractivity contribution >= 4 is 17.5 Å². The molecule has 2 aromatic heterocycles. The highest BCUT2D eigenvalue weighted by Gasteiger charge is 2.18. The SMILES string of the molecule is CC(C)CC(CNC(=O)c1cccc2nc(C(=O)NC(C)C)cn12)c1ccccc1. The average Bonchev–Trinajstić information content (AvgIpc) is 3.15. The van der Waals surface area contributed by atoms with Gasteiger partial charge in [-0.3, -0.25) is 14.0 Å². The molecule has 0 aliphatic heterocycles. The molecule has 0 fully saturated rings. The third kappa shape index (κ3) is 5.26. The number of nitrogens with zero attached hydrogens (tertiary/aromatic N) is 2. The van der Waals surface area contributed by atoms with Crippen molar-refractivity contribution in [1.29, 1.82) is 0 Å². The van der Waals surface area contributed by atoms with Gasteiger partial charge < -0.3 is 10.6 Å².